The summed E-state index contributed by atoms with van der Waals surface area (Å²) in [6, 6.07) is 3.77. The van der Waals surface area contributed by atoms with Crippen molar-refractivity contribution in [1.82, 2.24) is 4.90 Å². The van der Waals surface area contributed by atoms with E-state index in [1.165, 1.54) is 23.1 Å². The molecule has 0 spiro atoms. The zero-order chi connectivity index (χ0) is 14.4. The summed E-state index contributed by atoms with van der Waals surface area (Å²) in [5.74, 6) is 1.99. The number of nitrogens with zero attached hydrogens (tertiary/aromatic N) is 2. The summed E-state index contributed by atoms with van der Waals surface area (Å²) in [6.07, 6.45) is 5.94. The zero-order valence-corrected chi connectivity index (χ0v) is 11.2. The minimum Gasteiger partial charge on any atom is -0.327 e. The standard InChI is InChI=1S/C13H13ClN2O3/c1-3-7-15(8-4-2)13(17)11-9-10(16(18)19)5-6-12(11)14/h1,5-6,9H,4,7-8H2,2H3. The Kier molecular flexibility index (Phi) is 5.34. The number of nitro groups is 1. The minimum atomic E-state index is -0.571. The molecule has 0 atom stereocenters. The maximum atomic E-state index is 12.2. The van der Waals surface area contributed by atoms with Gasteiger partial charge in [0.2, 0.25) is 0 Å². The second-order valence-electron chi connectivity index (χ2n) is 3.85. The predicted molar refractivity (Wildman–Crippen MR) is 73.1 cm³/mol. The first-order valence-corrected chi connectivity index (χ1v) is 6.05. The summed E-state index contributed by atoms with van der Waals surface area (Å²) in [5, 5.41) is 10.9. The van der Waals surface area contributed by atoms with Crippen molar-refractivity contribution in [3.8, 4) is 12.3 Å². The highest BCUT2D eigenvalue weighted by Gasteiger charge is 2.20. The lowest BCUT2D eigenvalue weighted by molar-refractivity contribution is -0.384. The van der Waals surface area contributed by atoms with E-state index < -0.39 is 10.8 Å². The highest BCUT2D eigenvalue weighted by molar-refractivity contribution is 6.33. The molecule has 1 rings (SSSR count). The first-order chi connectivity index (χ1) is 9.01. The van der Waals surface area contributed by atoms with E-state index in [1.807, 2.05) is 6.92 Å². The van der Waals surface area contributed by atoms with Crippen molar-refractivity contribution in [2.24, 2.45) is 0 Å². The molecule has 0 aromatic heterocycles. The summed E-state index contributed by atoms with van der Waals surface area (Å²) in [7, 11) is 0. The lowest BCUT2D eigenvalue weighted by Crippen LogP contribution is -2.32. The van der Waals surface area contributed by atoms with Gasteiger partial charge in [-0.15, -0.1) is 6.42 Å². The number of hydrogen-bond donors (Lipinski definition) is 0. The number of terminal acetylenes is 1. The molecule has 0 fully saturated rings. The number of halogens is 1. The SMILES string of the molecule is C#CCN(CCC)C(=O)c1cc([N+](=O)[O-])ccc1Cl. The molecule has 0 unspecified atom stereocenters. The Hall–Kier alpha value is -2.06. The van der Waals surface area contributed by atoms with Crippen molar-refractivity contribution in [2.75, 3.05) is 13.1 Å². The van der Waals surface area contributed by atoms with Crippen molar-refractivity contribution in [1.29, 1.82) is 0 Å². The number of carbonyl (C=O) groups excluding carboxylic acids is 1. The topological polar surface area (TPSA) is 63.5 Å². The summed E-state index contributed by atoms with van der Waals surface area (Å²) >= 11 is 5.92. The average Bonchev–Trinajstić information content (AvgIpc) is 2.38. The van der Waals surface area contributed by atoms with Gasteiger partial charge in [-0.25, -0.2) is 0 Å². The van der Waals surface area contributed by atoms with Crippen molar-refractivity contribution < 1.29 is 9.72 Å². The first kappa shape index (κ1) is 15.0. The fourth-order valence-electron chi connectivity index (χ4n) is 1.59. The lowest BCUT2D eigenvalue weighted by Gasteiger charge is -2.19. The van der Waals surface area contributed by atoms with Crippen molar-refractivity contribution in [3.63, 3.8) is 0 Å². The number of rotatable bonds is 5. The van der Waals surface area contributed by atoms with Gasteiger partial charge in [0, 0.05) is 18.7 Å². The molecule has 0 aliphatic carbocycles. The third-order valence-corrected chi connectivity index (χ3v) is 2.78. The number of carbonyl (C=O) groups is 1. The third-order valence-electron chi connectivity index (χ3n) is 2.45. The smallest absolute Gasteiger partial charge is 0.270 e. The van der Waals surface area contributed by atoms with Crippen LogP contribution in [0.3, 0.4) is 0 Å². The van der Waals surface area contributed by atoms with Gasteiger partial charge in [0.15, 0.2) is 0 Å². The Morgan fingerprint density at radius 3 is 2.79 bits per heavy atom. The molecule has 5 nitrogen and oxygen atoms in total. The Labute approximate surface area is 116 Å². The molecule has 100 valence electrons. The summed E-state index contributed by atoms with van der Waals surface area (Å²) in [5.41, 5.74) is -0.0792. The van der Waals surface area contributed by atoms with Gasteiger partial charge >= 0.3 is 0 Å². The number of non-ortho nitro benzene ring substituents is 1. The van der Waals surface area contributed by atoms with Crippen LogP contribution in [0, 0.1) is 22.5 Å². The molecule has 0 N–H and O–H groups in total. The molecule has 1 amide bonds. The molecule has 0 radical (unpaired) electrons. The highest BCUT2D eigenvalue weighted by atomic mass is 35.5. The van der Waals surface area contributed by atoms with Gasteiger partial charge in [-0.3, -0.25) is 14.9 Å². The Balaban J connectivity index is 3.13. The van der Waals surface area contributed by atoms with Gasteiger partial charge in [0.05, 0.1) is 22.1 Å². The highest BCUT2D eigenvalue weighted by Crippen LogP contribution is 2.23. The molecule has 0 heterocycles. The van der Waals surface area contributed by atoms with E-state index in [1.54, 1.807) is 0 Å². The molecular weight excluding hydrogens is 268 g/mol. The van der Waals surface area contributed by atoms with E-state index in [-0.39, 0.29) is 22.8 Å². The van der Waals surface area contributed by atoms with Crippen LogP contribution in [0.2, 0.25) is 5.02 Å². The molecule has 0 aliphatic heterocycles. The van der Waals surface area contributed by atoms with Crippen LogP contribution in [0.15, 0.2) is 18.2 Å². The van der Waals surface area contributed by atoms with E-state index in [2.05, 4.69) is 5.92 Å². The minimum absolute atomic E-state index is 0.0968. The van der Waals surface area contributed by atoms with E-state index in [0.717, 1.165) is 6.42 Å². The zero-order valence-electron chi connectivity index (χ0n) is 10.4. The maximum absolute atomic E-state index is 12.2. The fraction of sp³-hybridized carbons (Fsp3) is 0.308. The Bertz CT molecular complexity index is 537. The molecule has 1 aromatic carbocycles. The monoisotopic (exact) mass is 280 g/mol. The number of benzene rings is 1. The van der Waals surface area contributed by atoms with Crippen LogP contribution < -0.4 is 0 Å². The second kappa shape index (κ2) is 6.76. The van der Waals surface area contributed by atoms with Gasteiger partial charge in [-0.05, 0) is 12.5 Å². The van der Waals surface area contributed by atoms with E-state index in [0.29, 0.717) is 6.54 Å². The van der Waals surface area contributed by atoms with Crippen LogP contribution in [-0.2, 0) is 0 Å². The van der Waals surface area contributed by atoms with Gasteiger partial charge < -0.3 is 4.90 Å². The third kappa shape index (κ3) is 3.70. The Morgan fingerprint density at radius 1 is 1.58 bits per heavy atom. The van der Waals surface area contributed by atoms with Crippen LogP contribution in [0.1, 0.15) is 23.7 Å². The van der Waals surface area contributed by atoms with Crippen molar-refractivity contribution in [3.05, 3.63) is 38.9 Å². The van der Waals surface area contributed by atoms with Crippen LogP contribution >= 0.6 is 11.6 Å². The number of amides is 1. The van der Waals surface area contributed by atoms with E-state index >= 15 is 0 Å². The average molecular weight is 281 g/mol. The van der Waals surface area contributed by atoms with E-state index in [4.69, 9.17) is 18.0 Å². The molecule has 19 heavy (non-hydrogen) atoms. The van der Waals surface area contributed by atoms with Gasteiger partial charge in [0.25, 0.3) is 11.6 Å². The normalized spacial score (nSPS) is 9.74. The first-order valence-electron chi connectivity index (χ1n) is 5.68. The molecular formula is C13H13ClN2O3. The van der Waals surface area contributed by atoms with Crippen molar-refractivity contribution in [2.45, 2.75) is 13.3 Å². The molecule has 0 saturated carbocycles. The molecule has 0 saturated heterocycles. The van der Waals surface area contributed by atoms with E-state index in [9.17, 15) is 14.9 Å². The maximum Gasteiger partial charge on any atom is 0.270 e. The van der Waals surface area contributed by atoms with Gasteiger partial charge in [0.1, 0.15) is 0 Å². The van der Waals surface area contributed by atoms with Crippen LogP contribution in [-0.4, -0.2) is 28.8 Å². The second-order valence-corrected chi connectivity index (χ2v) is 4.26. The quantitative estimate of drug-likeness (QED) is 0.473. The molecule has 6 heteroatoms. The van der Waals surface area contributed by atoms with Gasteiger partial charge in [-0.1, -0.05) is 24.4 Å². The summed E-state index contributed by atoms with van der Waals surface area (Å²) in [4.78, 5) is 23.8. The van der Waals surface area contributed by atoms with Crippen molar-refractivity contribution >= 4 is 23.2 Å². The molecule has 0 aliphatic rings. The summed E-state index contributed by atoms with van der Waals surface area (Å²) < 4.78 is 0. The van der Waals surface area contributed by atoms with Crippen LogP contribution in [0.5, 0.6) is 0 Å². The van der Waals surface area contributed by atoms with Crippen LogP contribution in [0.4, 0.5) is 5.69 Å². The molecule has 0 bridgehead atoms. The lowest BCUT2D eigenvalue weighted by atomic mass is 10.1. The number of nitro benzene ring substituents is 1. The van der Waals surface area contributed by atoms with Crippen LogP contribution in [0.25, 0.3) is 0 Å². The largest absolute Gasteiger partial charge is 0.327 e. The predicted octanol–water partition coefficient (Wildman–Crippen LogP) is 2.73. The summed E-state index contributed by atoms with van der Waals surface area (Å²) in [6.45, 7) is 2.53. The number of hydrogen-bond acceptors (Lipinski definition) is 3. The molecule has 1 aromatic rings. The van der Waals surface area contributed by atoms with Gasteiger partial charge in [-0.2, -0.15) is 0 Å². The fourth-order valence-corrected chi connectivity index (χ4v) is 1.79. The Morgan fingerprint density at radius 2 is 2.26 bits per heavy atom.